The van der Waals surface area contributed by atoms with Crippen LogP contribution in [-0.4, -0.2) is 19.2 Å². The van der Waals surface area contributed by atoms with Crippen LogP contribution in [0.2, 0.25) is 0 Å². The number of nitrogens with two attached hydrogens (primary N) is 1. The number of rotatable bonds is 2. The maximum Gasteiger partial charge on any atom is 0.202 e. The van der Waals surface area contributed by atoms with Gasteiger partial charge < -0.3 is 15.8 Å². The Morgan fingerprint density at radius 2 is 1.94 bits per heavy atom. The van der Waals surface area contributed by atoms with Crippen LogP contribution >= 0.6 is 0 Å². The van der Waals surface area contributed by atoms with Crippen molar-refractivity contribution in [3.8, 4) is 5.75 Å². The molecule has 1 saturated heterocycles. The van der Waals surface area contributed by atoms with Gasteiger partial charge in [0.1, 0.15) is 6.10 Å². The van der Waals surface area contributed by atoms with Gasteiger partial charge in [-0.25, -0.2) is 4.39 Å². The number of ether oxygens (including phenoxy) is 1. The molecule has 3 nitrogen and oxygen atoms in total. The Hall–Kier alpha value is -1.36. The third kappa shape index (κ3) is 2.24. The SMILES string of the molecule is Nc1ccc(F)c(F)c1OC1CCNCC1. The molecule has 16 heavy (non-hydrogen) atoms. The van der Waals surface area contributed by atoms with Crippen molar-refractivity contribution >= 4 is 5.69 Å². The van der Waals surface area contributed by atoms with Gasteiger partial charge in [-0.15, -0.1) is 0 Å². The van der Waals surface area contributed by atoms with Crippen LogP contribution < -0.4 is 15.8 Å². The molecule has 0 radical (unpaired) electrons. The highest BCUT2D eigenvalue weighted by Gasteiger charge is 2.20. The first-order chi connectivity index (χ1) is 7.68. The van der Waals surface area contributed by atoms with Crippen molar-refractivity contribution in [2.75, 3.05) is 18.8 Å². The normalized spacial score (nSPS) is 17.4. The lowest BCUT2D eigenvalue weighted by molar-refractivity contribution is 0.155. The van der Waals surface area contributed by atoms with E-state index in [2.05, 4.69) is 5.32 Å². The maximum atomic E-state index is 13.4. The molecule has 0 spiro atoms. The smallest absolute Gasteiger partial charge is 0.202 e. The van der Waals surface area contributed by atoms with Crippen molar-refractivity contribution in [1.29, 1.82) is 0 Å². The van der Waals surface area contributed by atoms with Gasteiger partial charge in [0.05, 0.1) is 5.69 Å². The average molecular weight is 228 g/mol. The number of anilines is 1. The second kappa shape index (κ2) is 4.65. The van der Waals surface area contributed by atoms with Crippen LogP contribution in [0, 0.1) is 11.6 Å². The van der Waals surface area contributed by atoms with Crippen LogP contribution in [0.3, 0.4) is 0 Å². The van der Waals surface area contributed by atoms with Gasteiger partial charge in [0.2, 0.25) is 5.82 Å². The van der Waals surface area contributed by atoms with E-state index in [4.69, 9.17) is 10.5 Å². The minimum atomic E-state index is -1.00. The van der Waals surface area contributed by atoms with E-state index in [0.29, 0.717) is 0 Å². The highest BCUT2D eigenvalue weighted by Crippen LogP contribution is 2.29. The van der Waals surface area contributed by atoms with Crippen LogP contribution in [-0.2, 0) is 0 Å². The highest BCUT2D eigenvalue weighted by atomic mass is 19.2. The van der Waals surface area contributed by atoms with Gasteiger partial charge in [-0.3, -0.25) is 0 Å². The van der Waals surface area contributed by atoms with Gasteiger partial charge in [-0.2, -0.15) is 4.39 Å². The van der Waals surface area contributed by atoms with Crippen molar-refractivity contribution in [2.45, 2.75) is 18.9 Å². The zero-order chi connectivity index (χ0) is 11.5. The highest BCUT2D eigenvalue weighted by molar-refractivity contribution is 5.53. The van der Waals surface area contributed by atoms with E-state index in [1.807, 2.05) is 0 Å². The lowest BCUT2D eigenvalue weighted by atomic mass is 10.1. The Bertz CT molecular complexity index is 378. The molecule has 0 unspecified atom stereocenters. The molecule has 5 heteroatoms. The number of nitrogen functional groups attached to an aromatic ring is 1. The second-order valence-corrected chi connectivity index (χ2v) is 3.85. The molecule has 0 amide bonds. The fourth-order valence-electron chi connectivity index (χ4n) is 1.75. The van der Waals surface area contributed by atoms with Gasteiger partial charge in [-0.1, -0.05) is 0 Å². The topological polar surface area (TPSA) is 47.3 Å². The largest absolute Gasteiger partial charge is 0.485 e. The third-order valence-electron chi connectivity index (χ3n) is 2.65. The van der Waals surface area contributed by atoms with Gasteiger partial charge in [0.15, 0.2) is 11.6 Å². The predicted octanol–water partition coefficient (Wildman–Crippen LogP) is 1.68. The van der Waals surface area contributed by atoms with E-state index in [9.17, 15) is 8.78 Å². The Balaban J connectivity index is 2.16. The van der Waals surface area contributed by atoms with Crippen LogP contribution in [0.5, 0.6) is 5.75 Å². The number of piperidine rings is 1. The number of hydrogen-bond donors (Lipinski definition) is 2. The quantitative estimate of drug-likeness (QED) is 0.757. The first-order valence-electron chi connectivity index (χ1n) is 5.29. The van der Waals surface area contributed by atoms with Crippen LogP contribution in [0.25, 0.3) is 0 Å². The molecule has 0 atom stereocenters. The van der Waals surface area contributed by atoms with Crippen molar-refractivity contribution < 1.29 is 13.5 Å². The van der Waals surface area contributed by atoms with Gasteiger partial charge in [-0.05, 0) is 38.1 Å². The third-order valence-corrected chi connectivity index (χ3v) is 2.65. The maximum absolute atomic E-state index is 13.4. The molecule has 0 bridgehead atoms. The Morgan fingerprint density at radius 1 is 1.25 bits per heavy atom. The first kappa shape index (κ1) is 11.1. The molecule has 1 aliphatic rings. The van der Waals surface area contributed by atoms with Crippen molar-refractivity contribution in [3.05, 3.63) is 23.8 Å². The summed E-state index contributed by atoms with van der Waals surface area (Å²) in [6.07, 6.45) is 1.45. The first-order valence-corrected chi connectivity index (χ1v) is 5.29. The molecule has 1 heterocycles. The second-order valence-electron chi connectivity index (χ2n) is 3.85. The van der Waals surface area contributed by atoms with Gasteiger partial charge in [0, 0.05) is 0 Å². The Kier molecular flexibility index (Phi) is 3.24. The summed E-state index contributed by atoms with van der Waals surface area (Å²) in [6.45, 7) is 1.64. The van der Waals surface area contributed by atoms with E-state index >= 15 is 0 Å². The summed E-state index contributed by atoms with van der Waals surface area (Å²) in [5, 5.41) is 3.16. The molecule has 1 aromatic carbocycles. The summed E-state index contributed by atoms with van der Waals surface area (Å²) < 4.78 is 31.8. The molecule has 0 aromatic heterocycles. The standard InChI is InChI=1S/C11H14F2N2O/c12-8-1-2-9(14)11(10(8)13)16-7-3-5-15-6-4-7/h1-2,7,15H,3-6,14H2. The molecule has 0 aliphatic carbocycles. The summed E-state index contributed by atoms with van der Waals surface area (Å²) >= 11 is 0. The zero-order valence-corrected chi connectivity index (χ0v) is 8.80. The molecule has 0 saturated carbocycles. The molecular formula is C11H14F2N2O. The summed E-state index contributed by atoms with van der Waals surface area (Å²) in [7, 11) is 0. The van der Waals surface area contributed by atoms with E-state index in [-0.39, 0.29) is 17.5 Å². The molecular weight excluding hydrogens is 214 g/mol. The van der Waals surface area contributed by atoms with Gasteiger partial charge in [0.25, 0.3) is 0 Å². The zero-order valence-electron chi connectivity index (χ0n) is 8.80. The molecule has 2 rings (SSSR count). The fourth-order valence-corrected chi connectivity index (χ4v) is 1.75. The summed E-state index contributed by atoms with van der Waals surface area (Å²) in [6, 6.07) is 2.31. The molecule has 1 fully saturated rings. The number of benzene rings is 1. The lowest BCUT2D eigenvalue weighted by Gasteiger charge is -2.24. The number of nitrogens with one attached hydrogen (secondary N) is 1. The van der Waals surface area contributed by atoms with Crippen molar-refractivity contribution in [1.82, 2.24) is 5.32 Å². The molecule has 88 valence electrons. The van der Waals surface area contributed by atoms with Crippen LogP contribution in [0.15, 0.2) is 12.1 Å². The minimum Gasteiger partial charge on any atom is -0.485 e. The number of halogens is 2. The van der Waals surface area contributed by atoms with Crippen LogP contribution in [0.4, 0.5) is 14.5 Å². The van der Waals surface area contributed by atoms with E-state index in [1.54, 1.807) is 0 Å². The Labute approximate surface area is 92.6 Å². The summed E-state index contributed by atoms with van der Waals surface area (Å²) in [5.74, 6) is -2.09. The summed E-state index contributed by atoms with van der Waals surface area (Å²) in [4.78, 5) is 0. The minimum absolute atomic E-state index is 0.0974. The monoisotopic (exact) mass is 228 g/mol. The fraction of sp³-hybridized carbons (Fsp3) is 0.455. The number of hydrogen-bond acceptors (Lipinski definition) is 3. The predicted molar refractivity (Wildman–Crippen MR) is 57.3 cm³/mol. The van der Waals surface area contributed by atoms with Crippen molar-refractivity contribution in [3.63, 3.8) is 0 Å². The molecule has 1 aliphatic heterocycles. The molecule has 1 aromatic rings. The Morgan fingerprint density at radius 3 is 2.62 bits per heavy atom. The van der Waals surface area contributed by atoms with E-state index in [1.165, 1.54) is 6.07 Å². The van der Waals surface area contributed by atoms with Crippen LogP contribution in [0.1, 0.15) is 12.8 Å². The van der Waals surface area contributed by atoms with Gasteiger partial charge >= 0.3 is 0 Å². The van der Waals surface area contributed by atoms with E-state index < -0.39 is 11.6 Å². The lowest BCUT2D eigenvalue weighted by Crippen LogP contribution is -2.34. The molecule has 3 N–H and O–H groups in total. The van der Waals surface area contributed by atoms with E-state index in [0.717, 1.165) is 32.0 Å². The average Bonchev–Trinajstić information content (AvgIpc) is 2.31. The summed E-state index contributed by atoms with van der Waals surface area (Å²) in [5.41, 5.74) is 5.70. The van der Waals surface area contributed by atoms with Crippen molar-refractivity contribution in [2.24, 2.45) is 0 Å².